The van der Waals surface area contributed by atoms with Crippen LogP contribution in [-0.2, 0) is 16.1 Å². The van der Waals surface area contributed by atoms with Crippen LogP contribution < -0.4 is 4.74 Å². The van der Waals surface area contributed by atoms with Crippen LogP contribution in [-0.4, -0.2) is 37.2 Å². The van der Waals surface area contributed by atoms with Gasteiger partial charge in [-0.15, -0.1) is 0 Å². The molecule has 0 aliphatic rings. The van der Waals surface area contributed by atoms with Gasteiger partial charge in [0.2, 0.25) is 0 Å². The number of carbonyl (C=O) groups is 1. The van der Waals surface area contributed by atoms with E-state index in [2.05, 4.69) is 11.8 Å². The van der Waals surface area contributed by atoms with Crippen molar-refractivity contribution in [3.05, 3.63) is 29.8 Å². The van der Waals surface area contributed by atoms with Crippen LogP contribution in [0.4, 0.5) is 0 Å². The Hall–Kier alpha value is -1.55. The molecule has 0 radical (unpaired) electrons. The maximum atomic E-state index is 11.6. The van der Waals surface area contributed by atoms with Gasteiger partial charge >= 0.3 is 5.97 Å². The quantitative estimate of drug-likeness (QED) is 0.652. The lowest BCUT2D eigenvalue weighted by molar-refractivity contribution is -0.144. The molecule has 4 nitrogen and oxygen atoms in total. The van der Waals surface area contributed by atoms with Crippen LogP contribution in [0, 0.1) is 0 Å². The lowest BCUT2D eigenvalue weighted by atomic mass is 10.2. The first-order valence-electron chi connectivity index (χ1n) is 7.29. The summed E-state index contributed by atoms with van der Waals surface area (Å²) in [4.78, 5) is 13.7. The van der Waals surface area contributed by atoms with Crippen molar-refractivity contribution in [3.8, 4) is 5.75 Å². The molecule has 0 bridgehead atoms. The van der Waals surface area contributed by atoms with Crippen molar-refractivity contribution in [2.24, 2.45) is 0 Å². The Morgan fingerprint density at radius 1 is 1.10 bits per heavy atom. The minimum atomic E-state index is -0.160. The lowest BCUT2D eigenvalue weighted by Crippen LogP contribution is -2.31. The molecule has 0 saturated heterocycles. The van der Waals surface area contributed by atoms with E-state index in [1.807, 2.05) is 38.1 Å². The summed E-state index contributed by atoms with van der Waals surface area (Å²) >= 11 is 0. The van der Waals surface area contributed by atoms with Gasteiger partial charge in [0.1, 0.15) is 5.75 Å². The Morgan fingerprint density at radius 2 is 1.80 bits per heavy atom. The maximum absolute atomic E-state index is 11.6. The normalized spacial score (nSPS) is 10.6. The van der Waals surface area contributed by atoms with Crippen LogP contribution >= 0.6 is 0 Å². The van der Waals surface area contributed by atoms with Gasteiger partial charge in [-0.2, -0.15) is 0 Å². The van der Waals surface area contributed by atoms with Crippen LogP contribution in [0.15, 0.2) is 24.3 Å². The van der Waals surface area contributed by atoms with Gasteiger partial charge in [-0.25, -0.2) is 0 Å². The van der Waals surface area contributed by atoms with Gasteiger partial charge < -0.3 is 9.47 Å². The summed E-state index contributed by atoms with van der Waals surface area (Å²) in [6, 6.07) is 8.01. The number of hydrogen-bond acceptors (Lipinski definition) is 4. The molecule has 112 valence electrons. The van der Waals surface area contributed by atoms with Crippen molar-refractivity contribution in [3.63, 3.8) is 0 Å². The molecule has 0 spiro atoms. The molecule has 0 heterocycles. The highest BCUT2D eigenvalue weighted by molar-refractivity contribution is 5.71. The molecule has 0 amide bonds. The van der Waals surface area contributed by atoms with Gasteiger partial charge in [-0.3, -0.25) is 9.69 Å². The Balaban J connectivity index is 2.57. The summed E-state index contributed by atoms with van der Waals surface area (Å²) in [5.41, 5.74) is 1.17. The van der Waals surface area contributed by atoms with E-state index >= 15 is 0 Å². The van der Waals surface area contributed by atoms with Crippen molar-refractivity contribution in [2.75, 3.05) is 26.3 Å². The Kier molecular flexibility index (Phi) is 7.73. The highest BCUT2D eigenvalue weighted by atomic mass is 16.5. The molecule has 1 aromatic rings. The van der Waals surface area contributed by atoms with E-state index in [9.17, 15) is 4.79 Å². The molecule has 1 aromatic carbocycles. The van der Waals surface area contributed by atoms with Crippen molar-refractivity contribution < 1.29 is 14.3 Å². The van der Waals surface area contributed by atoms with Crippen molar-refractivity contribution in [1.29, 1.82) is 0 Å². The fourth-order valence-electron chi connectivity index (χ4n) is 2.04. The van der Waals surface area contributed by atoms with Crippen LogP contribution in [0.5, 0.6) is 5.75 Å². The van der Waals surface area contributed by atoms with Gasteiger partial charge in [-0.05, 0) is 44.5 Å². The summed E-state index contributed by atoms with van der Waals surface area (Å²) in [6.45, 7) is 8.98. The largest absolute Gasteiger partial charge is 0.494 e. The van der Waals surface area contributed by atoms with Crippen LogP contribution in [0.25, 0.3) is 0 Å². The van der Waals surface area contributed by atoms with Gasteiger partial charge in [0, 0.05) is 6.54 Å². The maximum Gasteiger partial charge on any atom is 0.320 e. The average molecular weight is 279 g/mol. The van der Waals surface area contributed by atoms with Gasteiger partial charge in [0.15, 0.2) is 0 Å². The molecule has 4 heteroatoms. The number of rotatable bonds is 9. The Labute approximate surface area is 121 Å². The Bertz CT molecular complexity index is 389. The van der Waals surface area contributed by atoms with E-state index in [1.54, 1.807) is 0 Å². The van der Waals surface area contributed by atoms with E-state index in [4.69, 9.17) is 9.47 Å². The SMILES string of the molecule is CCCN(CC(=O)OCC)Cc1ccc(OCC)cc1. The third-order valence-corrected chi connectivity index (χ3v) is 2.84. The number of hydrogen-bond donors (Lipinski definition) is 0. The van der Waals surface area contributed by atoms with Crippen molar-refractivity contribution in [1.82, 2.24) is 4.90 Å². The van der Waals surface area contributed by atoms with Gasteiger partial charge in [0.25, 0.3) is 0 Å². The van der Waals surface area contributed by atoms with Crippen LogP contribution in [0.3, 0.4) is 0 Å². The first kappa shape index (κ1) is 16.5. The minimum Gasteiger partial charge on any atom is -0.494 e. The van der Waals surface area contributed by atoms with E-state index in [0.29, 0.717) is 19.8 Å². The molecule has 0 saturated carbocycles. The van der Waals surface area contributed by atoms with Gasteiger partial charge in [0.05, 0.1) is 19.8 Å². The minimum absolute atomic E-state index is 0.160. The second-order valence-electron chi connectivity index (χ2n) is 4.59. The zero-order valence-corrected chi connectivity index (χ0v) is 12.7. The van der Waals surface area contributed by atoms with E-state index < -0.39 is 0 Å². The summed E-state index contributed by atoms with van der Waals surface area (Å²) in [5.74, 6) is 0.718. The molecule has 0 aliphatic heterocycles. The third kappa shape index (κ3) is 6.06. The number of benzene rings is 1. The average Bonchev–Trinajstić information content (AvgIpc) is 2.42. The monoisotopic (exact) mass is 279 g/mol. The summed E-state index contributed by atoms with van der Waals surface area (Å²) in [5, 5.41) is 0. The van der Waals surface area contributed by atoms with E-state index in [-0.39, 0.29) is 5.97 Å². The second-order valence-corrected chi connectivity index (χ2v) is 4.59. The topological polar surface area (TPSA) is 38.8 Å². The van der Waals surface area contributed by atoms with E-state index in [1.165, 1.54) is 5.56 Å². The smallest absolute Gasteiger partial charge is 0.320 e. The fourth-order valence-corrected chi connectivity index (χ4v) is 2.04. The molecular formula is C16H25NO3. The number of ether oxygens (including phenoxy) is 2. The molecule has 0 N–H and O–H groups in total. The summed E-state index contributed by atoms with van der Waals surface area (Å²) < 4.78 is 10.4. The lowest BCUT2D eigenvalue weighted by Gasteiger charge is -2.20. The summed E-state index contributed by atoms with van der Waals surface area (Å²) in [6.07, 6.45) is 1.01. The number of carbonyl (C=O) groups excluding carboxylic acids is 1. The fraction of sp³-hybridized carbons (Fsp3) is 0.562. The van der Waals surface area contributed by atoms with Crippen molar-refractivity contribution >= 4 is 5.97 Å². The molecule has 20 heavy (non-hydrogen) atoms. The summed E-state index contributed by atoms with van der Waals surface area (Å²) in [7, 11) is 0. The Morgan fingerprint density at radius 3 is 2.35 bits per heavy atom. The first-order chi connectivity index (χ1) is 9.69. The molecule has 0 atom stereocenters. The highest BCUT2D eigenvalue weighted by Gasteiger charge is 2.11. The molecule has 0 aromatic heterocycles. The predicted molar refractivity (Wildman–Crippen MR) is 79.8 cm³/mol. The molecule has 0 aliphatic carbocycles. The second kappa shape index (κ2) is 9.37. The molecule has 0 unspecified atom stereocenters. The number of nitrogens with zero attached hydrogens (tertiary/aromatic N) is 1. The molecular weight excluding hydrogens is 254 g/mol. The standard InChI is InChI=1S/C16H25NO3/c1-4-11-17(13-16(18)20-6-3)12-14-7-9-15(10-8-14)19-5-2/h7-10H,4-6,11-13H2,1-3H3. The van der Waals surface area contributed by atoms with Crippen molar-refractivity contribution in [2.45, 2.75) is 33.7 Å². The third-order valence-electron chi connectivity index (χ3n) is 2.84. The van der Waals surface area contributed by atoms with Crippen LogP contribution in [0.2, 0.25) is 0 Å². The highest BCUT2D eigenvalue weighted by Crippen LogP contribution is 2.13. The first-order valence-corrected chi connectivity index (χ1v) is 7.29. The van der Waals surface area contributed by atoms with Gasteiger partial charge in [-0.1, -0.05) is 19.1 Å². The molecule has 1 rings (SSSR count). The predicted octanol–water partition coefficient (Wildman–Crippen LogP) is 2.86. The van der Waals surface area contributed by atoms with E-state index in [0.717, 1.165) is 25.3 Å². The molecule has 0 fully saturated rings. The number of esters is 1. The van der Waals surface area contributed by atoms with Crippen LogP contribution in [0.1, 0.15) is 32.8 Å². The zero-order chi connectivity index (χ0) is 14.8. The zero-order valence-electron chi connectivity index (χ0n) is 12.7.